The molecule has 1 aromatic carbocycles. The number of carboxylic acid groups (broad SMARTS) is 1. The number of carboxylic acids is 1. The van der Waals surface area contributed by atoms with Gasteiger partial charge in [-0.25, -0.2) is 9.18 Å². The van der Waals surface area contributed by atoms with E-state index in [1.807, 2.05) is 19.1 Å². The third kappa shape index (κ3) is 3.77. The quantitative estimate of drug-likeness (QED) is 0.358. The van der Waals surface area contributed by atoms with Gasteiger partial charge in [0.1, 0.15) is 11.5 Å². The number of hydrogen-bond acceptors (Lipinski definition) is 4. The number of nitro groups is 1. The van der Waals surface area contributed by atoms with E-state index in [0.29, 0.717) is 19.0 Å². The van der Waals surface area contributed by atoms with Gasteiger partial charge in [0.05, 0.1) is 16.6 Å². The molecule has 1 aromatic rings. The molecule has 0 saturated carbocycles. The molecular formula is C12H13FN2O4. The van der Waals surface area contributed by atoms with Crippen LogP contribution >= 0.6 is 0 Å². The van der Waals surface area contributed by atoms with Crippen LogP contribution in [0.15, 0.2) is 24.3 Å². The number of nitrogens with zero attached hydrogens (tertiary/aromatic N) is 1. The maximum absolute atomic E-state index is 13.4. The van der Waals surface area contributed by atoms with E-state index in [0.717, 1.165) is 6.07 Å². The summed E-state index contributed by atoms with van der Waals surface area (Å²) in [4.78, 5) is 20.8. The monoisotopic (exact) mass is 268 g/mol. The summed E-state index contributed by atoms with van der Waals surface area (Å²) >= 11 is 0. The second-order valence-electron chi connectivity index (χ2n) is 3.70. The van der Waals surface area contributed by atoms with Gasteiger partial charge in [-0.05, 0) is 19.4 Å². The molecule has 1 rings (SSSR count). The van der Waals surface area contributed by atoms with Crippen molar-refractivity contribution in [3.63, 3.8) is 0 Å². The van der Waals surface area contributed by atoms with Crippen molar-refractivity contribution in [3.8, 4) is 0 Å². The number of nitrogens with one attached hydrogen (secondary N) is 1. The molecule has 0 aliphatic rings. The van der Waals surface area contributed by atoms with Crippen molar-refractivity contribution in [1.82, 2.24) is 0 Å². The van der Waals surface area contributed by atoms with Crippen molar-refractivity contribution in [3.05, 3.63) is 45.8 Å². The van der Waals surface area contributed by atoms with Crippen LogP contribution in [0, 0.1) is 15.9 Å². The highest BCUT2D eigenvalue weighted by molar-refractivity contribution is 5.90. The van der Waals surface area contributed by atoms with Gasteiger partial charge < -0.3 is 10.4 Å². The number of nitro benzene ring substituents is 1. The van der Waals surface area contributed by atoms with E-state index < -0.39 is 28.0 Å². The molecule has 0 aromatic heterocycles. The Kier molecular flexibility index (Phi) is 4.99. The summed E-state index contributed by atoms with van der Waals surface area (Å²) in [6, 6.07) is 1.55. The first-order chi connectivity index (χ1) is 8.97. The van der Waals surface area contributed by atoms with Gasteiger partial charge in [0, 0.05) is 6.54 Å². The third-order valence-electron chi connectivity index (χ3n) is 2.37. The van der Waals surface area contributed by atoms with E-state index in [1.54, 1.807) is 0 Å². The highest BCUT2D eigenvalue weighted by atomic mass is 19.1. The molecule has 19 heavy (non-hydrogen) atoms. The molecule has 7 heteroatoms. The molecule has 0 unspecified atom stereocenters. The number of aromatic carboxylic acids is 1. The zero-order valence-corrected chi connectivity index (χ0v) is 10.2. The second kappa shape index (κ2) is 6.48. The van der Waals surface area contributed by atoms with Crippen molar-refractivity contribution in [2.24, 2.45) is 0 Å². The molecule has 0 aliphatic carbocycles. The largest absolute Gasteiger partial charge is 0.478 e. The Balaban J connectivity index is 3.07. The maximum Gasteiger partial charge on any atom is 0.338 e. The molecule has 102 valence electrons. The van der Waals surface area contributed by atoms with Gasteiger partial charge in [-0.2, -0.15) is 0 Å². The zero-order chi connectivity index (χ0) is 14.4. The summed E-state index contributed by atoms with van der Waals surface area (Å²) in [6.07, 6.45) is 4.29. The third-order valence-corrected chi connectivity index (χ3v) is 2.37. The van der Waals surface area contributed by atoms with E-state index in [9.17, 15) is 19.3 Å². The Labute approximate surface area is 108 Å². The Bertz CT molecular complexity index is 529. The Hall–Kier alpha value is -2.44. The molecule has 0 heterocycles. The number of benzene rings is 1. The van der Waals surface area contributed by atoms with Gasteiger partial charge in [0.2, 0.25) is 0 Å². The summed E-state index contributed by atoms with van der Waals surface area (Å²) in [7, 11) is 0. The predicted octanol–water partition coefficient (Wildman–Crippen LogP) is 2.81. The maximum atomic E-state index is 13.4. The predicted molar refractivity (Wildman–Crippen MR) is 67.9 cm³/mol. The van der Waals surface area contributed by atoms with Gasteiger partial charge in [-0.15, -0.1) is 0 Å². The van der Waals surface area contributed by atoms with Gasteiger partial charge in [-0.1, -0.05) is 12.2 Å². The lowest BCUT2D eigenvalue weighted by atomic mass is 10.1. The topological polar surface area (TPSA) is 92.5 Å². The minimum Gasteiger partial charge on any atom is -0.478 e. The van der Waals surface area contributed by atoms with Crippen molar-refractivity contribution < 1.29 is 19.2 Å². The number of halogens is 1. The molecular weight excluding hydrogens is 255 g/mol. The fraction of sp³-hybridized carbons (Fsp3) is 0.250. The zero-order valence-electron chi connectivity index (χ0n) is 10.2. The summed E-state index contributed by atoms with van der Waals surface area (Å²) in [6.45, 7) is 2.22. The Morgan fingerprint density at radius 3 is 2.79 bits per heavy atom. The molecule has 0 atom stereocenters. The smallest absolute Gasteiger partial charge is 0.338 e. The van der Waals surface area contributed by atoms with E-state index in [2.05, 4.69) is 5.32 Å². The summed E-state index contributed by atoms with van der Waals surface area (Å²) in [5.74, 6) is -2.60. The minimum atomic E-state index is -1.47. The van der Waals surface area contributed by atoms with Gasteiger partial charge in [-0.3, -0.25) is 10.1 Å². The van der Waals surface area contributed by atoms with Crippen LogP contribution in [0.2, 0.25) is 0 Å². The normalized spacial score (nSPS) is 10.6. The SMILES string of the molecule is C/C=C/CCNc1cc(C(=O)O)c(F)cc1[N+](=O)[O-]. The summed E-state index contributed by atoms with van der Waals surface area (Å²) in [5, 5.41) is 22.3. The number of rotatable bonds is 6. The van der Waals surface area contributed by atoms with E-state index >= 15 is 0 Å². The van der Waals surface area contributed by atoms with Crippen LogP contribution in [0.25, 0.3) is 0 Å². The van der Waals surface area contributed by atoms with Crippen LogP contribution in [0.4, 0.5) is 15.8 Å². The summed E-state index contributed by atoms with van der Waals surface area (Å²) < 4.78 is 13.4. The highest BCUT2D eigenvalue weighted by Gasteiger charge is 2.21. The van der Waals surface area contributed by atoms with Crippen molar-refractivity contribution >= 4 is 17.3 Å². The van der Waals surface area contributed by atoms with Gasteiger partial charge in [0.15, 0.2) is 0 Å². The molecule has 0 amide bonds. The molecule has 0 saturated heterocycles. The van der Waals surface area contributed by atoms with Crippen molar-refractivity contribution in [2.45, 2.75) is 13.3 Å². The number of anilines is 1. The molecule has 0 spiro atoms. The van der Waals surface area contributed by atoms with Crippen LogP contribution in [-0.2, 0) is 0 Å². The molecule has 0 aliphatic heterocycles. The summed E-state index contributed by atoms with van der Waals surface area (Å²) in [5.41, 5.74) is -1.09. The van der Waals surface area contributed by atoms with E-state index in [1.165, 1.54) is 0 Å². The fourth-order valence-corrected chi connectivity index (χ4v) is 1.48. The minimum absolute atomic E-state index is 0.00620. The molecule has 0 radical (unpaired) electrons. The lowest BCUT2D eigenvalue weighted by molar-refractivity contribution is -0.384. The van der Waals surface area contributed by atoms with Gasteiger partial charge >= 0.3 is 5.97 Å². The van der Waals surface area contributed by atoms with Crippen molar-refractivity contribution in [1.29, 1.82) is 0 Å². The van der Waals surface area contributed by atoms with Crippen LogP contribution in [0.1, 0.15) is 23.7 Å². The number of allylic oxidation sites excluding steroid dienone is 1. The first-order valence-corrected chi connectivity index (χ1v) is 5.53. The van der Waals surface area contributed by atoms with E-state index in [-0.39, 0.29) is 5.69 Å². The Morgan fingerprint density at radius 2 is 2.26 bits per heavy atom. The molecule has 6 nitrogen and oxygen atoms in total. The average Bonchev–Trinajstić information content (AvgIpc) is 2.35. The first kappa shape index (κ1) is 14.6. The Morgan fingerprint density at radius 1 is 1.58 bits per heavy atom. The van der Waals surface area contributed by atoms with Crippen LogP contribution in [0.5, 0.6) is 0 Å². The fourth-order valence-electron chi connectivity index (χ4n) is 1.48. The number of hydrogen-bond donors (Lipinski definition) is 2. The van der Waals surface area contributed by atoms with E-state index in [4.69, 9.17) is 5.11 Å². The lowest BCUT2D eigenvalue weighted by Crippen LogP contribution is -2.08. The van der Waals surface area contributed by atoms with Crippen molar-refractivity contribution in [2.75, 3.05) is 11.9 Å². The van der Waals surface area contributed by atoms with Crippen LogP contribution in [0.3, 0.4) is 0 Å². The average molecular weight is 268 g/mol. The lowest BCUT2D eigenvalue weighted by Gasteiger charge is -2.07. The second-order valence-corrected chi connectivity index (χ2v) is 3.70. The molecule has 2 N–H and O–H groups in total. The van der Waals surface area contributed by atoms with Crippen LogP contribution in [-0.4, -0.2) is 22.5 Å². The van der Waals surface area contributed by atoms with Gasteiger partial charge in [0.25, 0.3) is 5.69 Å². The van der Waals surface area contributed by atoms with Crippen LogP contribution < -0.4 is 5.32 Å². The molecule has 0 bridgehead atoms. The standard InChI is InChI=1S/C12H13FN2O4/c1-2-3-4-5-14-10-6-8(12(16)17)9(13)7-11(10)15(18)19/h2-3,6-7,14H,4-5H2,1H3,(H,16,17)/b3-2+. The highest BCUT2D eigenvalue weighted by Crippen LogP contribution is 2.27. The first-order valence-electron chi connectivity index (χ1n) is 5.53. The molecule has 0 fully saturated rings. The number of carbonyl (C=O) groups is 1.